The Morgan fingerprint density at radius 2 is 0.500 bits per heavy atom. The average Bonchev–Trinajstić information content (AvgIpc) is 4.05. The van der Waals surface area contributed by atoms with E-state index in [9.17, 15) is 0 Å². The van der Waals surface area contributed by atoms with Gasteiger partial charge in [-0.05, 0) is 124 Å². The van der Waals surface area contributed by atoms with Crippen molar-refractivity contribution in [2.75, 3.05) is 9.80 Å². The highest BCUT2D eigenvalue weighted by Gasteiger charge is 2.38. The molecule has 0 aliphatic carbocycles. The molecule has 76 heavy (non-hydrogen) atoms. The molecule has 4 nitrogen and oxygen atoms in total. The van der Waals surface area contributed by atoms with Crippen LogP contribution in [0.2, 0.25) is 0 Å². The normalized spacial score (nSPS) is 13.9. The summed E-state index contributed by atoms with van der Waals surface area (Å²) < 4.78 is 4.77. The van der Waals surface area contributed by atoms with E-state index in [-0.39, 0.29) is 10.8 Å². The van der Waals surface area contributed by atoms with Gasteiger partial charge >= 0.3 is 0 Å². The number of fused-ring (bicyclic) bond motifs is 10. The third kappa shape index (κ3) is 7.05. The molecular weight excluding hydrogens is 921 g/mol. The zero-order valence-electron chi connectivity index (χ0n) is 43.2. The minimum absolute atomic E-state index is 0.0614. The van der Waals surface area contributed by atoms with E-state index in [1.54, 1.807) is 0 Å². The Kier molecular flexibility index (Phi) is 10.5. The van der Waals surface area contributed by atoms with Gasteiger partial charge in [-0.2, -0.15) is 0 Å². The number of para-hydroxylation sites is 8. The van der Waals surface area contributed by atoms with E-state index in [4.69, 9.17) is 0 Å². The second kappa shape index (κ2) is 17.6. The lowest BCUT2D eigenvalue weighted by Gasteiger charge is -2.42. The number of aromatic nitrogens is 2. The van der Waals surface area contributed by atoms with Crippen LogP contribution in [-0.4, -0.2) is 9.13 Å². The molecule has 2 aliphatic heterocycles. The van der Waals surface area contributed by atoms with Crippen molar-refractivity contribution in [2.24, 2.45) is 0 Å². The fourth-order valence-corrected chi connectivity index (χ4v) is 12.7. The lowest BCUT2D eigenvalue weighted by atomic mass is 9.73. The van der Waals surface area contributed by atoms with Crippen molar-refractivity contribution >= 4 is 77.7 Å². The van der Waals surface area contributed by atoms with Crippen molar-refractivity contribution in [3.05, 3.63) is 289 Å². The van der Waals surface area contributed by atoms with Gasteiger partial charge < -0.3 is 18.9 Å². The molecule has 0 saturated heterocycles. The number of benzene rings is 11. The third-order valence-corrected chi connectivity index (χ3v) is 16.3. The lowest BCUT2D eigenvalue weighted by molar-refractivity contribution is 0.632. The molecule has 0 N–H and O–H groups in total. The molecule has 15 rings (SSSR count). The van der Waals surface area contributed by atoms with Crippen LogP contribution in [0.5, 0.6) is 0 Å². The molecule has 4 heteroatoms. The zero-order valence-corrected chi connectivity index (χ0v) is 43.2. The Balaban J connectivity index is 0.000000141. The second-order valence-electron chi connectivity index (χ2n) is 21.3. The molecule has 0 bridgehead atoms. The monoisotopic (exact) mass is 976 g/mol. The summed E-state index contributed by atoms with van der Waals surface area (Å²) in [6.07, 6.45) is 0. The van der Waals surface area contributed by atoms with Crippen molar-refractivity contribution < 1.29 is 0 Å². The number of hydrogen-bond acceptors (Lipinski definition) is 2. The van der Waals surface area contributed by atoms with Crippen LogP contribution >= 0.6 is 0 Å². The summed E-state index contributed by atoms with van der Waals surface area (Å²) in [5, 5.41) is 5.12. The predicted octanol–water partition coefficient (Wildman–Crippen LogP) is 19.5. The molecule has 4 heterocycles. The van der Waals surface area contributed by atoms with Crippen molar-refractivity contribution in [3.8, 4) is 22.5 Å². The van der Waals surface area contributed by atoms with Gasteiger partial charge in [0, 0.05) is 55.1 Å². The maximum atomic E-state index is 2.43. The molecule has 0 fully saturated rings. The highest BCUT2D eigenvalue weighted by Crippen LogP contribution is 2.54. The van der Waals surface area contributed by atoms with Gasteiger partial charge in [0.25, 0.3) is 0 Å². The molecule has 0 saturated carbocycles. The molecule has 2 aromatic heterocycles. The van der Waals surface area contributed by atoms with Gasteiger partial charge in [0.2, 0.25) is 0 Å². The fraction of sp³-hybridized carbons (Fsp3) is 0.0833. The van der Waals surface area contributed by atoms with E-state index in [0.717, 1.165) is 0 Å². The third-order valence-electron chi connectivity index (χ3n) is 16.3. The summed E-state index contributed by atoms with van der Waals surface area (Å²) in [6.45, 7) is 9.32. The van der Waals surface area contributed by atoms with E-state index < -0.39 is 0 Å². The van der Waals surface area contributed by atoms with Gasteiger partial charge in [-0.3, -0.25) is 0 Å². The molecule has 364 valence electrons. The van der Waals surface area contributed by atoms with Crippen LogP contribution in [0.15, 0.2) is 267 Å². The van der Waals surface area contributed by atoms with Crippen LogP contribution in [0, 0.1) is 0 Å². The number of rotatable bonds is 5. The van der Waals surface area contributed by atoms with Crippen LogP contribution in [0.3, 0.4) is 0 Å². The molecule has 0 unspecified atom stereocenters. The minimum Gasteiger partial charge on any atom is -0.310 e. The average molecular weight is 977 g/mol. The summed E-state index contributed by atoms with van der Waals surface area (Å²) in [6, 6.07) is 96.9. The topological polar surface area (TPSA) is 16.3 Å². The van der Waals surface area contributed by atoms with Gasteiger partial charge in [0.15, 0.2) is 0 Å². The van der Waals surface area contributed by atoms with Crippen molar-refractivity contribution in [1.29, 1.82) is 0 Å². The van der Waals surface area contributed by atoms with Crippen molar-refractivity contribution in [2.45, 2.75) is 38.5 Å². The van der Waals surface area contributed by atoms with Gasteiger partial charge in [0.1, 0.15) is 0 Å². The molecular formula is C72H56N4. The van der Waals surface area contributed by atoms with Crippen molar-refractivity contribution in [1.82, 2.24) is 9.13 Å². The van der Waals surface area contributed by atoms with Crippen LogP contribution in [0.25, 0.3) is 66.1 Å². The molecule has 0 atom stereocenters. The van der Waals surface area contributed by atoms with Gasteiger partial charge in [-0.1, -0.05) is 204 Å². The Morgan fingerprint density at radius 1 is 0.237 bits per heavy atom. The second-order valence-corrected chi connectivity index (χ2v) is 21.3. The van der Waals surface area contributed by atoms with Crippen molar-refractivity contribution in [3.63, 3.8) is 0 Å². The Morgan fingerprint density at radius 3 is 0.868 bits per heavy atom. The Hall–Kier alpha value is -9.38. The first-order valence-corrected chi connectivity index (χ1v) is 26.5. The SMILES string of the molecule is CC1(C)c2ccccc2N(c2cccc(-c3cccc(-n4c5ccccc5c5ccccc54)c3)c2)c2ccccc21.CC1(C)c2ccccc2N(c2cccc(-n3c4ccccc4c4ccccc43)c2)c2ccccc21. The van der Waals surface area contributed by atoms with E-state index in [2.05, 4.69) is 314 Å². The van der Waals surface area contributed by atoms with Gasteiger partial charge in [-0.25, -0.2) is 0 Å². The first kappa shape index (κ1) is 45.3. The highest BCUT2D eigenvalue weighted by atomic mass is 15.2. The highest BCUT2D eigenvalue weighted by molar-refractivity contribution is 6.10. The molecule has 2 aliphatic rings. The molecule has 0 spiro atoms. The molecule has 13 aromatic rings. The van der Waals surface area contributed by atoms with E-state index in [0.29, 0.717) is 0 Å². The van der Waals surface area contributed by atoms with Gasteiger partial charge in [0.05, 0.1) is 44.8 Å². The Bertz CT molecular complexity index is 4190. The standard InChI is InChI=1S/C39H30N2.C33H26N2/c1-39(2)33-19-5-9-23-37(33)41(38-24-10-6-20-34(38)39)30-16-12-14-28(26-30)27-13-11-15-29(25-27)40-35-21-7-3-17-31(35)32-18-4-8-22-36(32)40;1-33(2)27-16-5-9-20-31(27)35(32-21-10-6-17-28(32)33)24-13-11-12-23(22-24)34-29-18-7-3-14-25(29)26-15-4-8-19-30(26)34/h3-26H,1-2H3;3-22H,1-2H3. The number of nitrogens with zero attached hydrogens (tertiary/aromatic N) is 4. The fourth-order valence-electron chi connectivity index (χ4n) is 12.7. The summed E-state index contributed by atoms with van der Waals surface area (Å²) >= 11 is 0. The van der Waals surface area contributed by atoms with Crippen LogP contribution in [0.1, 0.15) is 49.9 Å². The quantitative estimate of drug-likeness (QED) is 0.171. The summed E-state index contributed by atoms with van der Waals surface area (Å²) in [5.41, 5.74) is 22.2. The molecule has 11 aromatic carbocycles. The predicted molar refractivity (Wildman–Crippen MR) is 321 cm³/mol. The Labute approximate surface area is 444 Å². The molecule has 0 radical (unpaired) electrons. The van der Waals surface area contributed by atoms with E-state index >= 15 is 0 Å². The summed E-state index contributed by atoms with van der Waals surface area (Å²) in [5.74, 6) is 0. The maximum Gasteiger partial charge on any atom is 0.0541 e. The first-order valence-electron chi connectivity index (χ1n) is 26.5. The van der Waals surface area contributed by atoms with E-state index in [1.165, 1.54) is 122 Å². The maximum absolute atomic E-state index is 2.43. The zero-order chi connectivity index (χ0) is 51.1. The van der Waals surface area contributed by atoms with Crippen LogP contribution in [-0.2, 0) is 10.8 Å². The van der Waals surface area contributed by atoms with Crippen LogP contribution < -0.4 is 9.80 Å². The lowest BCUT2D eigenvalue weighted by Crippen LogP contribution is -2.30. The summed E-state index contributed by atoms with van der Waals surface area (Å²) in [7, 11) is 0. The van der Waals surface area contributed by atoms with Crippen LogP contribution in [0.4, 0.5) is 34.1 Å². The van der Waals surface area contributed by atoms with E-state index in [1.807, 2.05) is 0 Å². The smallest absolute Gasteiger partial charge is 0.0541 e. The largest absolute Gasteiger partial charge is 0.310 e. The first-order chi connectivity index (χ1) is 37.3. The number of anilines is 6. The molecule has 0 amide bonds. The number of hydrogen-bond donors (Lipinski definition) is 0. The minimum atomic E-state index is -0.0715. The summed E-state index contributed by atoms with van der Waals surface area (Å²) in [4.78, 5) is 4.85. The van der Waals surface area contributed by atoms with Gasteiger partial charge in [-0.15, -0.1) is 0 Å².